The second kappa shape index (κ2) is 5.22. The predicted octanol–water partition coefficient (Wildman–Crippen LogP) is 2.79. The van der Waals surface area contributed by atoms with Crippen LogP contribution in [0.2, 0.25) is 0 Å². The van der Waals surface area contributed by atoms with Crippen molar-refractivity contribution in [1.29, 1.82) is 0 Å². The van der Waals surface area contributed by atoms with E-state index in [2.05, 4.69) is 15.3 Å². The van der Waals surface area contributed by atoms with Crippen LogP contribution in [0.4, 0.5) is 10.8 Å². The van der Waals surface area contributed by atoms with Gasteiger partial charge in [0.05, 0.1) is 11.4 Å². The van der Waals surface area contributed by atoms with Crippen LogP contribution in [0.25, 0.3) is 0 Å². The molecule has 98 valence electrons. The molecule has 4 nitrogen and oxygen atoms in total. The van der Waals surface area contributed by atoms with Crippen molar-refractivity contribution in [3.05, 3.63) is 34.6 Å². The molecule has 0 radical (unpaired) electrons. The van der Waals surface area contributed by atoms with Crippen LogP contribution in [0.15, 0.2) is 18.3 Å². The Labute approximate surface area is 121 Å². The molecule has 1 aliphatic rings. The number of nitrogens with one attached hydrogen (secondary N) is 1. The number of aromatic nitrogens is 2. The Morgan fingerprint density at radius 2 is 2.21 bits per heavy atom. The molecule has 0 amide bonds. The zero-order chi connectivity index (χ0) is 13.2. The first kappa shape index (κ1) is 12.5. The molecule has 3 rings (SSSR count). The lowest BCUT2D eigenvalue weighted by atomic mass is 10.0. The van der Waals surface area contributed by atoms with Crippen LogP contribution in [-0.4, -0.2) is 15.0 Å². The molecule has 0 aliphatic heterocycles. The summed E-state index contributed by atoms with van der Waals surface area (Å²) in [5.41, 5.74) is 8.35. The molecule has 19 heavy (non-hydrogen) atoms. The van der Waals surface area contributed by atoms with Gasteiger partial charge in [-0.15, -0.1) is 11.3 Å². The number of hydrogen-bond donors (Lipinski definition) is 2. The van der Waals surface area contributed by atoms with E-state index in [1.165, 1.54) is 23.4 Å². The number of hydrogen-bond acceptors (Lipinski definition) is 5. The second-order valence-corrected chi connectivity index (χ2v) is 6.01. The van der Waals surface area contributed by atoms with Gasteiger partial charge in [0.25, 0.3) is 0 Å². The molecular weight excluding hydrogens is 276 g/mol. The van der Waals surface area contributed by atoms with Crippen LogP contribution in [0.5, 0.6) is 0 Å². The maximum Gasteiger partial charge on any atom is 0.187 e. The highest BCUT2D eigenvalue weighted by Crippen LogP contribution is 2.31. The minimum Gasteiger partial charge on any atom is -0.388 e. The SMILES string of the molecule is NC(=S)c1ncccc1Nc1nc2c(s1)CCCC2. The molecule has 2 aromatic rings. The van der Waals surface area contributed by atoms with Crippen molar-refractivity contribution in [1.82, 2.24) is 9.97 Å². The highest BCUT2D eigenvalue weighted by molar-refractivity contribution is 7.80. The molecule has 0 unspecified atom stereocenters. The van der Waals surface area contributed by atoms with Crippen molar-refractivity contribution in [3.8, 4) is 0 Å². The van der Waals surface area contributed by atoms with E-state index in [1.54, 1.807) is 17.5 Å². The lowest BCUT2D eigenvalue weighted by Crippen LogP contribution is -2.13. The molecule has 1 aliphatic carbocycles. The molecule has 0 fully saturated rings. The third-order valence-corrected chi connectivity index (χ3v) is 4.39. The van der Waals surface area contributed by atoms with Crippen molar-refractivity contribution >= 4 is 39.4 Å². The van der Waals surface area contributed by atoms with Crippen molar-refractivity contribution in [3.63, 3.8) is 0 Å². The van der Waals surface area contributed by atoms with Gasteiger partial charge in [0.2, 0.25) is 0 Å². The summed E-state index contributed by atoms with van der Waals surface area (Å²) in [6.07, 6.45) is 6.42. The van der Waals surface area contributed by atoms with Crippen LogP contribution in [0.3, 0.4) is 0 Å². The van der Waals surface area contributed by atoms with Gasteiger partial charge < -0.3 is 11.1 Å². The van der Waals surface area contributed by atoms with Gasteiger partial charge in [0, 0.05) is 11.1 Å². The fourth-order valence-corrected chi connectivity index (χ4v) is 3.45. The zero-order valence-corrected chi connectivity index (χ0v) is 12.0. The molecule has 2 aromatic heterocycles. The quantitative estimate of drug-likeness (QED) is 0.851. The van der Waals surface area contributed by atoms with Gasteiger partial charge in [0.15, 0.2) is 5.13 Å². The Bertz CT molecular complexity index is 597. The summed E-state index contributed by atoms with van der Waals surface area (Å²) >= 11 is 6.73. The van der Waals surface area contributed by atoms with Gasteiger partial charge in [0.1, 0.15) is 10.7 Å². The molecule has 0 aromatic carbocycles. The molecule has 0 atom stereocenters. The van der Waals surface area contributed by atoms with Crippen LogP contribution >= 0.6 is 23.6 Å². The van der Waals surface area contributed by atoms with E-state index in [-0.39, 0.29) is 0 Å². The van der Waals surface area contributed by atoms with E-state index in [9.17, 15) is 0 Å². The normalized spacial score (nSPS) is 13.9. The molecule has 0 bridgehead atoms. The van der Waals surface area contributed by atoms with Gasteiger partial charge in [-0.05, 0) is 37.8 Å². The third kappa shape index (κ3) is 2.59. The Balaban J connectivity index is 1.89. The van der Waals surface area contributed by atoms with E-state index >= 15 is 0 Å². The molecular formula is C13H14N4S2. The van der Waals surface area contributed by atoms with E-state index in [4.69, 9.17) is 18.0 Å². The van der Waals surface area contributed by atoms with Crippen LogP contribution in [0.1, 0.15) is 29.1 Å². The number of aryl methyl sites for hydroxylation is 2. The number of thiazole rings is 1. The highest BCUT2D eigenvalue weighted by atomic mass is 32.1. The van der Waals surface area contributed by atoms with Crippen molar-refractivity contribution in [2.75, 3.05) is 5.32 Å². The van der Waals surface area contributed by atoms with Crippen LogP contribution in [0, 0.1) is 0 Å². The standard InChI is InChI=1S/C13H14N4S2/c14-12(18)11-9(5-3-7-15-11)17-13-16-8-4-1-2-6-10(8)19-13/h3,5,7H,1-2,4,6H2,(H2,14,18)(H,16,17). The first-order valence-electron chi connectivity index (χ1n) is 6.24. The van der Waals surface area contributed by atoms with Gasteiger partial charge in [-0.3, -0.25) is 4.98 Å². The van der Waals surface area contributed by atoms with Gasteiger partial charge in [-0.2, -0.15) is 0 Å². The van der Waals surface area contributed by atoms with E-state index in [1.807, 2.05) is 12.1 Å². The largest absolute Gasteiger partial charge is 0.388 e. The first-order chi connectivity index (χ1) is 9.24. The lowest BCUT2D eigenvalue weighted by molar-refractivity contribution is 0.683. The van der Waals surface area contributed by atoms with Gasteiger partial charge in [-0.1, -0.05) is 12.2 Å². The summed E-state index contributed by atoms with van der Waals surface area (Å²) < 4.78 is 0. The van der Waals surface area contributed by atoms with Crippen molar-refractivity contribution < 1.29 is 0 Å². The minimum atomic E-state index is 0.296. The summed E-state index contributed by atoms with van der Waals surface area (Å²) in [5.74, 6) is 0. The van der Waals surface area contributed by atoms with Crippen LogP contribution < -0.4 is 11.1 Å². The maximum absolute atomic E-state index is 5.68. The Morgan fingerprint density at radius 1 is 1.37 bits per heavy atom. The van der Waals surface area contributed by atoms with E-state index < -0.39 is 0 Å². The molecule has 0 saturated carbocycles. The summed E-state index contributed by atoms with van der Waals surface area (Å²) in [7, 11) is 0. The topological polar surface area (TPSA) is 63.8 Å². The fourth-order valence-electron chi connectivity index (χ4n) is 2.22. The molecule has 3 N–H and O–H groups in total. The van der Waals surface area contributed by atoms with Crippen LogP contribution in [-0.2, 0) is 12.8 Å². The molecule has 0 spiro atoms. The number of thiocarbonyl (C=S) groups is 1. The maximum atomic E-state index is 5.68. The summed E-state index contributed by atoms with van der Waals surface area (Å²) in [6, 6.07) is 3.78. The van der Waals surface area contributed by atoms with Crippen molar-refractivity contribution in [2.45, 2.75) is 25.7 Å². The number of anilines is 2. The fraction of sp³-hybridized carbons (Fsp3) is 0.308. The van der Waals surface area contributed by atoms with E-state index in [0.29, 0.717) is 10.7 Å². The number of nitrogens with zero attached hydrogens (tertiary/aromatic N) is 2. The van der Waals surface area contributed by atoms with Gasteiger partial charge >= 0.3 is 0 Å². The Hall–Kier alpha value is -1.53. The summed E-state index contributed by atoms with van der Waals surface area (Å²) in [6.45, 7) is 0. The lowest BCUT2D eigenvalue weighted by Gasteiger charge is -2.07. The number of pyridine rings is 1. The first-order valence-corrected chi connectivity index (χ1v) is 7.47. The third-order valence-electron chi connectivity index (χ3n) is 3.13. The number of rotatable bonds is 3. The minimum absolute atomic E-state index is 0.296. The predicted molar refractivity (Wildman–Crippen MR) is 82.2 cm³/mol. The average molecular weight is 290 g/mol. The monoisotopic (exact) mass is 290 g/mol. The summed E-state index contributed by atoms with van der Waals surface area (Å²) in [4.78, 5) is 10.5. The number of fused-ring (bicyclic) bond motifs is 1. The highest BCUT2D eigenvalue weighted by Gasteiger charge is 2.16. The van der Waals surface area contributed by atoms with Gasteiger partial charge in [-0.25, -0.2) is 4.98 Å². The zero-order valence-electron chi connectivity index (χ0n) is 10.3. The second-order valence-electron chi connectivity index (χ2n) is 4.48. The smallest absolute Gasteiger partial charge is 0.187 e. The van der Waals surface area contributed by atoms with E-state index in [0.717, 1.165) is 23.7 Å². The Morgan fingerprint density at radius 3 is 3.00 bits per heavy atom. The Kier molecular flexibility index (Phi) is 3.44. The molecule has 2 heterocycles. The molecule has 0 saturated heterocycles. The number of nitrogens with two attached hydrogens (primary N) is 1. The van der Waals surface area contributed by atoms with Crippen molar-refractivity contribution in [2.24, 2.45) is 5.73 Å². The summed E-state index contributed by atoms with van der Waals surface area (Å²) in [5, 5.41) is 4.19. The molecule has 6 heteroatoms. The average Bonchev–Trinajstić information content (AvgIpc) is 2.81.